The Balaban J connectivity index is 2.35. The molecule has 0 bridgehead atoms. The van der Waals surface area contributed by atoms with Gasteiger partial charge in [-0.1, -0.05) is 6.92 Å². The number of aryl methyl sites for hydroxylation is 1. The first-order valence-corrected chi connectivity index (χ1v) is 9.22. The molecule has 0 saturated carbocycles. The number of esters is 1. The lowest BCUT2D eigenvalue weighted by Crippen LogP contribution is -2.45. The van der Waals surface area contributed by atoms with Crippen LogP contribution in [0.25, 0.3) is 0 Å². The number of hydrogen-bond acceptors (Lipinski definition) is 6. The van der Waals surface area contributed by atoms with Gasteiger partial charge in [-0.25, -0.2) is 13.2 Å². The van der Waals surface area contributed by atoms with Crippen molar-refractivity contribution in [2.24, 2.45) is 11.7 Å². The number of methoxy groups -OCH3 is 1. The standard InChI is InChI=1S/C15H24N2O5S/c1-4-12-14(8-13(22-12)15(18)21-3)23(19,20)17-7-5-6-11(9-17)10(2)16/h8,10-11H,4-7,9,16H2,1-3H3. The van der Waals surface area contributed by atoms with E-state index >= 15 is 0 Å². The Morgan fingerprint density at radius 1 is 1.57 bits per heavy atom. The molecule has 0 aliphatic carbocycles. The van der Waals surface area contributed by atoms with Gasteiger partial charge in [0.1, 0.15) is 10.7 Å². The molecule has 2 N–H and O–H groups in total. The van der Waals surface area contributed by atoms with Crippen molar-refractivity contribution in [1.29, 1.82) is 0 Å². The van der Waals surface area contributed by atoms with Crippen molar-refractivity contribution in [3.63, 3.8) is 0 Å². The van der Waals surface area contributed by atoms with Crippen LogP contribution >= 0.6 is 0 Å². The van der Waals surface area contributed by atoms with Crippen LogP contribution in [0.5, 0.6) is 0 Å². The fourth-order valence-electron chi connectivity index (χ4n) is 2.84. The Hall–Kier alpha value is -1.38. The van der Waals surface area contributed by atoms with Gasteiger partial charge in [0, 0.05) is 31.6 Å². The van der Waals surface area contributed by atoms with Gasteiger partial charge in [0.25, 0.3) is 0 Å². The second kappa shape index (κ2) is 7.02. The second-order valence-electron chi connectivity index (χ2n) is 5.87. The molecule has 0 spiro atoms. The number of sulfonamides is 1. The van der Waals surface area contributed by atoms with Gasteiger partial charge in [0.15, 0.2) is 0 Å². The van der Waals surface area contributed by atoms with Gasteiger partial charge in [-0.15, -0.1) is 0 Å². The summed E-state index contributed by atoms with van der Waals surface area (Å²) in [7, 11) is -2.49. The minimum absolute atomic E-state index is 0.0470. The molecular formula is C15H24N2O5S. The molecule has 23 heavy (non-hydrogen) atoms. The van der Waals surface area contributed by atoms with Crippen LogP contribution in [0.15, 0.2) is 15.4 Å². The van der Waals surface area contributed by atoms with Crippen LogP contribution in [-0.4, -0.2) is 44.9 Å². The number of furan rings is 1. The average molecular weight is 344 g/mol. The molecule has 1 aromatic heterocycles. The summed E-state index contributed by atoms with van der Waals surface area (Å²) in [6.45, 7) is 4.51. The van der Waals surface area contributed by atoms with Crippen LogP contribution in [0, 0.1) is 5.92 Å². The fourth-order valence-corrected chi connectivity index (χ4v) is 4.60. The molecule has 130 valence electrons. The topological polar surface area (TPSA) is 103 Å². The predicted octanol–water partition coefficient (Wildman–Crippen LogP) is 1.38. The van der Waals surface area contributed by atoms with Gasteiger partial charge >= 0.3 is 5.97 Å². The van der Waals surface area contributed by atoms with Crippen LogP contribution < -0.4 is 5.73 Å². The number of nitrogens with zero attached hydrogens (tertiary/aromatic N) is 1. The smallest absolute Gasteiger partial charge is 0.373 e. The zero-order valence-corrected chi connectivity index (χ0v) is 14.6. The third-order valence-electron chi connectivity index (χ3n) is 4.26. The predicted molar refractivity (Wildman–Crippen MR) is 84.6 cm³/mol. The van der Waals surface area contributed by atoms with E-state index in [0.29, 0.717) is 19.5 Å². The molecule has 2 atom stereocenters. The number of rotatable bonds is 5. The van der Waals surface area contributed by atoms with E-state index in [1.165, 1.54) is 17.5 Å². The Morgan fingerprint density at radius 3 is 2.83 bits per heavy atom. The Labute approximate surface area is 136 Å². The van der Waals surface area contributed by atoms with E-state index in [1.54, 1.807) is 6.92 Å². The molecule has 0 aromatic carbocycles. The van der Waals surface area contributed by atoms with Gasteiger partial charge in [0.05, 0.1) is 7.11 Å². The van der Waals surface area contributed by atoms with Gasteiger partial charge < -0.3 is 14.9 Å². The summed E-state index contributed by atoms with van der Waals surface area (Å²) in [5, 5.41) is 0. The molecular weight excluding hydrogens is 320 g/mol. The van der Waals surface area contributed by atoms with Gasteiger partial charge in [-0.3, -0.25) is 0 Å². The molecule has 1 saturated heterocycles. The van der Waals surface area contributed by atoms with E-state index < -0.39 is 16.0 Å². The van der Waals surface area contributed by atoms with Gasteiger partial charge in [-0.05, 0) is 25.7 Å². The van der Waals surface area contributed by atoms with E-state index in [9.17, 15) is 13.2 Å². The maximum atomic E-state index is 12.9. The Morgan fingerprint density at radius 2 is 2.26 bits per heavy atom. The first-order valence-electron chi connectivity index (χ1n) is 7.78. The number of carbonyl (C=O) groups is 1. The van der Waals surface area contributed by atoms with Crippen LogP contribution in [-0.2, 0) is 21.2 Å². The minimum Gasteiger partial charge on any atom is -0.463 e. The summed E-state index contributed by atoms with van der Waals surface area (Å²) in [5.74, 6) is -0.374. The molecule has 2 unspecified atom stereocenters. The largest absolute Gasteiger partial charge is 0.463 e. The van der Waals surface area contributed by atoms with Crippen molar-refractivity contribution in [2.45, 2.75) is 44.0 Å². The second-order valence-corrected chi connectivity index (χ2v) is 7.77. The normalized spacial score (nSPS) is 21.1. The fraction of sp³-hybridized carbons (Fsp3) is 0.667. The summed E-state index contributed by atoms with van der Waals surface area (Å²) in [4.78, 5) is 11.6. The first kappa shape index (κ1) is 18.0. The summed E-state index contributed by atoms with van der Waals surface area (Å²) in [6, 6.07) is 1.20. The van der Waals surface area contributed by atoms with Crippen molar-refractivity contribution in [2.75, 3.05) is 20.2 Å². The quantitative estimate of drug-likeness (QED) is 0.809. The van der Waals surface area contributed by atoms with Crippen molar-refractivity contribution in [1.82, 2.24) is 4.31 Å². The number of ether oxygens (including phenoxy) is 1. The molecule has 1 aliphatic rings. The molecule has 1 aromatic rings. The highest BCUT2D eigenvalue weighted by molar-refractivity contribution is 7.89. The molecule has 0 radical (unpaired) electrons. The molecule has 2 heterocycles. The molecule has 1 fully saturated rings. The number of piperidine rings is 1. The summed E-state index contributed by atoms with van der Waals surface area (Å²) >= 11 is 0. The van der Waals surface area contributed by atoms with Crippen LogP contribution in [0.4, 0.5) is 0 Å². The molecule has 1 aliphatic heterocycles. The van der Waals surface area contributed by atoms with Crippen LogP contribution in [0.2, 0.25) is 0 Å². The third-order valence-corrected chi connectivity index (χ3v) is 6.17. The molecule has 2 rings (SSSR count). The van der Waals surface area contributed by atoms with Crippen molar-refractivity contribution in [3.05, 3.63) is 17.6 Å². The first-order chi connectivity index (χ1) is 10.8. The highest BCUT2D eigenvalue weighted by Crippen LogP contribution is 2.29. The summed E-state index contributed by atoms with van der Waals surface area (Å²) < 4.78 is 37.3. The summed E-state index contributed by atoms with van der Waals surface area (Å²) in [6.07, 6.45) is 2.06. The average Bonchev–Trinajstić information content (AvgIpc) is 2.99. The lowest BCUT2D eigenvalue weighted by atomic mass is 9.93. The Kier molecular flexibility index (Phi) is 5.49. The highest BCUT2D eigenvalue weighted by atomic mass is 32.2. The maximum Gasteiger partial charge on any atom is 0.373 e. The van der Waals surface area contributed by atoms with Crippen molar-refractivity contribution in [3.8, 4) is 0 Å². The molecule has 0 amide bonds. The van der Waals surface area contributed by atoms with E-state index in [4.69, 9.17) is 10.2 Å². The number of carbonyl (C=O) groups excluding carboxylic acids is 1. The molecule has 7 nitrogen and oxygen atoms in total. The SMILES string of the molecule is CCc1oc(C(=O)OC)cc1S(=O)(=O)N1CCCC(C(C)N)C1. The highest BCUT2D eigenvalue weighted by Gasteiger charge is 2.35. The minimum atomic E-state index is -3.72. The zero-order chi connectivity index (χ0) is 17.2. The van der Waals surface area contributed by atoms with Crippen LogP contribution in [0.1, 0.15) is 43.0 Å². The van der Waals surface area contributed by atoms with E-state index in [1.807, 2.05) is 6.92 Å². The monoisotopic (exact) mass is 344 g/mol. The Bertz CT molecular complexity index is 665. The van der Waals surface area contributed by atoms with Crippen LogP contribution in [0.3, 0.4) is 0 Å². The van der Waals surface area contributed by atoms with Crippen molar-refractivity contribution < 1.29 is 22.4 Å². The van der Waals surface area contributed by atoms with E-state index in [2.05, 4.69) is 4.74 Å². The van der Waals surface area contributed by atoms with Crippen molar-refractivity contribution >= 4 is 16.0 Å². The maximum absolute atomic E-state index is 12.9. The van der Waals surface area contributed by atoms with Gasteiger partial charge in [-0.2, -0.15) is 4.31 Å². The van der Waals surface area contributed by atoms with E-state index in [0.717, 1.165) is 12.8 Å². The lowest BCUT2D eigenvalue weighted by molar-refractivity contribution is 0.0563. The lowest BCUT2D eigenvalue weighted by Gasteiger charge is -2.33. The van der Waals surface area contributed by atoms with Gasteiger partial charge in [0.2, 0.25) is 15.8 Å². The third kappa shape index (κ3) is 3.59. The summed E-state index contributed by atoms with van der Waals surface area (Å²) in [5.41, 5.74) is 5.93. The van der Waals surface area contributed by atoms with E-state index in [-0.39, 0.29) is 28.4 Å². The number of nitrogens with two attached hydrogens (primary N) is 1. The molecule has 8 heteroatoms. The number of hydrogen-bond donors (Lipinski definition) is 1. The zero-order valence-electron chi connectivity index (χ0n) is 13.7.